The highest BCUT2D eigenvalue weighted by Crippen LogP contribution is 2.18. The summed E-state index contributed by atoms with van der Waals surface area (Å²) in [5.41, 5.74) is 1.19. The second-order valence-electron chi connectivity index (χ2n) is 4.06. The van der Waals surface area contributed by atoms with Crippen molar-refractivity contribution in [3.8, 4) is 0 Å². The SMILES string of the molecule is C=C(C)CC(NCCC)c1nccn1C. The van der Waals surface area contributed by atoms with Gasteiger partial charge in [-0.05, 0) is 26.3 Å². The molecule has 84 valence electrons. The fourth-order valence-electron chi connectivity index (χ4n) is 1.63. The highest BCUT2D eigenvalue weighted by Gasteiger charge is 2.14. The van der Waals surface area contributed by atoms with Gasteiger partial charge in [0.1, 0.15) is 5.82 Å². The van der Waals surface area contributed by atoms with E-state index in [0.717, 1.165) is 25.2 Å². The van der Waals surface area contributed by atoms with Crippen molar-refractivity contribution in [3.05, 3.63) is 30.4 Å². The molecule has 0 fully saturated rings. The van der Waals surface area contributed by atoms with Crippen LogP contribution in [-0.2, 0) is 7.05 Å². The van der Waals surface area contributed by atoms with Gasteiger partial charge in [-0.2, -0.15) is 0 Å². The van der Waals surface area contributed by atoms with Gasteiger partial charge in [-0.15, -0.1) is 6.58 Å². The van der Waals surface area contributed by atoms with Crippen molar-refractivity contribution >= 4 is 0 Å². The third-order valence-electron chi connectivity index (χ3n) is 2.36. The molecule has 0 bridgehead atoms. The molecule has 0 radical (unpaired) electrons. The maximum atomic E-state index is 4.38. The summed E-state index contributed by atoms with van der Waals surface area (Å²) in [6.45, 7) is 9.21. The Bertz CT molecular complexity index is 314. The first-order chi connectivity index (χ1) is 7.15. The molecule has 0 spiro atoms. The Kier molecular flexibility index (Phi) is 4.56. The lowest BCUT2D eigenvalue weighted by Gasteiger charge is -2.18. The van der Waals surface area contributed by atoms with Crippen LogP contribution in [0.4, 0.5) is 0 Å². The maximum Gasteiger partial charge on any atom is 0.125 e. The van der Waals surface area contributed by atoms with E-state index in [0.29, 0.717) is 6.04 Å². The molecular weight excluding hydrogens is 186 g/mol. The Hall–Kier alpha value is -1.09. The largest absolute Gasteiger partial charge is 0.337 e. The van der Waals surface area contributed by atoms with Crippen molar-refractivity contribution < 1.29 is 0 Å². The summed E-state index contributed by atoms with van der Waals surface area (Å²) in [5.74, 6) is 1.09. The van der Waals surface area contributed by atoms with E-state index in [1.807, 2.05) is 19.4 Å². The van der Waals surface area contributed by atoms with Crippen molar-refractivity contribution in [1.82, 2.24) is 14.9 Å². The van der Waals surface area contributed by atoms with E-state index in [2.05, 4.69) is 35.3 Å². The second-order valence-corrected chi connectivity index (χ2v) is 4.06. The molecule has 0 aromatic carbocycles. The Morgan fingerprint density at radius 1 is 1.67 bits per heavy atom. The molecule has 1 aromatic rings. The molecule has 1 atom stereocenters. The molecule has 0 amide bonds. The van der Waals surface area contributed by atoms with Crippen molar-refractivity contribution in [3.63, 3.8) is 0 Å². The minimum Gasteiger partial charge on any atom is -0.337 e. The van der Waals surface area contributed by atoms with Gasteiger partial charge in [-0.25, -0.2) is 4.98 Å². The van der Waals surface area contributed by atoms with Crippen molar-refractivity contribution in [2.45, 2.75) is 32.7 Å². The average Bonchev–Trinajstić information content (AvgIpc) is 2.58. The summed E-state index contributed by atoms with van der Waals surface area (Å²) in [5, 5.41) is 3.50. The molecule has 1 N–H and O–H groups in total. The predicted octanol–water partition coefficient (Wildman–Crippen LogP) is 2.43. The number of rotatable bonds is 6. The molecule has 1 unspecified atom stereocenters. The normalized spacial score (nSPS) is 12.7. The molecule has 3 nitrogen and oxygen atoms in total. The first-order valence-corrected chi connectivity index (χ1v) is 5.50. The van der Waals surface area contributed by atoms with Crippen molar-refractivity contribution in [1.29, 1.82) is 0 Å². The Balaban J connectivity index is 2.71. The molecular formula is C12H21N3. The fourth-order valence-corrected chi connectivity index (χ4v) is 1.63. The topological polar surface area (TPSA) is 29.9 Å². The van der Waals surface area contributed by atoms with Crippen LogP contribution < -0.4 is 5.32 Å². The molecule has 0 saturated heterocycles. The number of hydrogen-bond acceptors (Lipinski definition) is 2. The number of imidazole rings is 1. The molecule has 1 heterocycles. The van der Waals surface area contributed by atoms with Crippen LogP contribution in [0.15, 0.2) is 24.5 Å². The molecule has 0 aliphatic rings. The molecule has 15 heavy (non-hydrogen) atoms. The van der Waals surface area contributed by atoms with Crippen molar-refractivity contribution in [2.24, 2.45) is 7.05 Å². The molecule has 0 aliphatic heterocycles. The van der Waals surface area contributed by atoms with Gasteiger partial charge in [0.15, 0.2) is 0 Å². The van der Waals surface area contributed by atoms with Crippen LogP contribution in [0.25, 0.3) is 0 Å². The molecule has 1 rings (SSSR count). The third-order valence-corrected chi connectivity index (χ3v) is 2.36. The molecule has 3 heteroatoms. The number of aromatic nitrogens is 2. The van der Waals surface area contributed by atoms with E-state index in [4.69, 9.17) is 0 Å². The summed E-state index contributed by atoms with van der Waals surface area (Å²) < 4.78 is 2.07. The lowest BCUT2D eigenvalue weighted by atomic mass is 10.1. The van der Waals surface area contributed by atoms with Crippen LogP contribution in [0.5, 0.6) is 0 Å². The zero-order chi connectivity index (χ0) is 11.3. The first-order valence-electron chi connectivity index (χ1n) is 5.50. The summed E-state index contributed by atoms with van der Waals surface area (Å²) >= 11 is 0. The van der Waals surface area contributed by atoms with Gasteiger partial charge in [0, 0.05) is 19.4 Å². The zero-order valence-corrected chi connectivity index (χ0v) is 9.95. The van der Waals surface area contributed by atoms with E-state index >= 15 is 0 Å². The van der Waals surface area contributed by atoms with E-state index in [9.17, 15) is 0 Å². The molecule has 0 saturated carbocycles. The van der Waals surface area contributed by atoms with Gasteiger partial charge < -0.3 is 9.88 Å². The van der Waals surface area contributed by atoms with Crippen LogP contribution in [0, 0.1) is 0 Å². The summed E-state index contributed by atoms with van der Waals surface area (Å²) in [6, 6.07) is 0.294. The van der Waals surface area contributed by atoms with E-state index in [1.165, 1.54) is 5.57 Å². The summed E-state index contributed by atoms with van der Waals surface area (Å²) in [7, 11) is 2.03. The smallest absolute Gasteiger partial charge is 0.125 e. The lowest BCUT2D eigenvalue weighted by molar-refractivity contribution is 0.490. The van der Waals surface area contributed by atoms with Crippen LogP contribution in [-0.4, -0.2) is 16.1 Å². The second kappa shape index (κ2) is 5.71. The minimum absolute atomic E-state index is 0.294. The van der Waals surface area contributed by atoms with E-state index < -0.39 is 0 Å². The quantitative estimate of drug-likeness (QED) is 0.726. The minimum atomic E-state index is 0.294. The zero-order valence-electron chi connectivity index (χ0n) is 9.95. The fraction of sp³-hybridized carbons (Fsp3) is 0.583. The Labute approximate surface area is 92.2 Å². The van der Waals surface area contributed by atoms with Crippen LogP contribution in [0.2, 0.25) is 0 Å². The standard InChI is InChI=1S/C12H21N3/c1-5-6-13-11(9-10(2)3)12-14-7-8-15(12)4/h7-8,11,13H,2,5-6,9H2,1,3-4H3. The first kappa shape index (κ1) is 12.0. The van der Waals surface area contributed by atoms with Gasteiger partial charge >= 0.3 is 0 Å². The van der Waals surface area contributed by atoms with Crippen molar-refractivity contribution in [2.75, 3.05) is 6.54 Å². The summed E-state index contributed by atoms with van der Waals surface area (Å²) in [4.78, 5) is 4.38. The average molecular weight is 207 g/mol. The maximum absolute atomic E-state index is 4.38. The number of nitrogens with zero attached hydrogens (tertiary/aromatic N) is 2. The highest BCUT2D eigenvalue weighted by molar-refractivity contribution is 5.04. The van der Waals surface area contributed by atoms with Crippen LogP contribution >= 0.6 is 0 Å². The van der Waals surface area contributed by atoms with E-state index in [1.54, 1.807) is 0 Å². The molecule has 0 aliphatic carbocycles. The van der Waals surface area contributed by atoms with Crippen LogP contribution in [0.3, 0.4) is 0 Å². The predicted molar refractivity (Wildman–Crippen MR) is 63.7 cm³/mol. The van der Waals surface area contributed by atoms with E-state index in [-0.39, 0.29) is 0 Å². The molecule has 1 aromatic heterocycles. The van der Waals surface area contributed by atoms with Crippen LogP contribution in [0.1, 0.15) is 38.6 Å². The summed E-state index contributed by atoms with van der Waals surface area (Å²) in [6.07, 6.45) is 5.91. The third kappa shape index (κ3) is 3.51. The Morgan fingerprint density at radius 3 is 2.87 bits per heavy atom. The van der Waals surface area contributed by atoms with Gasteiger partial charge in [-0.3, -0.25) is 0 Å². The van der Waals surface area contributed by atoms with Gasteiger partial charge in [0.25, 0.3) is 0 Å². The number of nitrogens with one attached hydrogen (secondary N) is 1. The number of hydrogen-bond donors (Lipinski definition) is 1. The van der Waals surface area contributed by atoms with Gasteiger partial charge in [0.2, 0.25) is 0 Å². The number of aryl methyl sites for hydroxylation is 1. The highest BCUT2D eigenvalue weighted by atomic mass is 15.1. The lowest BCUT2D eigenvalue weighted by Crippen LogP contribution is -2.25. The van der Waals surface area contributed by atoms with Gasteiger partial charge in [-0.1, -0.05) is 12.5 Å². The monoisotopic (exact) mass is 207 g/mol. The Morgan fingerprint density at radius 2 is 2.40 bits per heavy atom. The van der Waals surface area contributed by atoms with Gasteiger partial charge in [0.05, 0.1) is 6.04 Å².